The first-order valence-corrected chi connectivity index (χ1v) is 2.15. The third-order valence-corrected chi connectivity index (χ3v) is 0.563. The van der Waals surface area contributed by atoms with E-state index >= 15 is 0 Å². The van der Waals surface area contributed by atoms with Crippen LogP contribution in [0.4, 0.5) is 0 Å². The molecule has 4 nitrogen and oxygen atoms in total. The van der Waals surface area contributed by atoms with Crippen LogP contribution in [0.2, 0.25) is 0 Å². The first-order valence-electron chi connectivity index (χ1n) is 2.15. The van der Waals surface area contributed by atoms with Crippen molar-refractivity contribution < 1.29 is 19.4 Å². The Hall–Kier alpha value is -0.723. The molecule has 0 rings (SSSR count). The Morgan fingerprint density at radius 1 is 1.40 bits per heavy atom. The maximum atomic E-state index is 10.1. The summed E-state index contributed by atoms with van der Waals surface area (Å²) < 4.78 is 4.11. The van der Waals surface area contributed by atoms with Crippen LogP contribution in [0.15, 0.2) is 12.2 Å². The van der Waals surface area contributed by atoms with Crippen molar-refractivity contribution >= 4 is 30.8 Å². The predicted molar refractivity (Wildman–Crippen MR) is 35.9 cm³/mol. The van der Waals surface area contributed by atoms with Crippen LogP contribution in [0.1, 0.15) is 0 Å². The fourth-order valence-corrected chi connectivity index (χ4v) is 0.207. The van der Waals surface area contributed by atoms with Crippen LogP contribution in [0.25, 0.3) is 0 Å². The molecule has 0 unspecified atom stereocenters. The van der Waals surface area contributed by atoms with Crippen molar-refractivity contribution in [1.29, 1.82) is 0 Å². The van der Waals surface area contributed by atoms with Gasteiger partial charge in [-0.1, -0.05) is 0 Å². The molecule has 0 aliphatic heterocycles. The van der Waals surface area contributed by atoms with Crippen LogP contribution in [0.5, 0.6) is 0 Å². The number of carbonyl (C=O) groups excluding carboxylic acids is 1. The van der Waals surface area contributed by atoms with Crippen LogP contribution in [0, 0.1) is 0 Å². The van der Waals surface area contributed by atoms with Crippen molar-refractivity contribution in [3.63, 3.8) is 0 Å². The number of carboxylic acids is 1. The summed E-state index contributed by atoms with van der Waals surface area (Å²) in [6.07, 6.45) is 1.55. The fraction of sp³-hybridized carbons (Fsp3) is 0.200. The average molecular weight is 138 g/mol. The van der Waals surface area contributed by atoms with E-state index in [4.69, 9.17) is 5.11 Å². The number of hydrogen-bond donors (Lipinski definition) is 1. The Labute approximate surface area is 70.0 Å². The summed E-state index contributed by atoms with van der Waals surface area (Å²) in [5.74, 6) is -1.84. The average Bonchev–Trinajstić information content (AvgIpc) is 1.83. The van der Waals surface area contributed by atoms with E-state index in [0.717, 1.165) is 6.08 Å². The molecule has 0 amide bonds. The third kappa shape index (κ3) is 7.28. The minimum atomic E-state index is -1.17. The van der Waals surface area contributed by atoms with Gasteiger partial charge in [0.1, 0.15) is 0 Å². The second-order valence-corrected chi connectivity index (χ2v) is 1.19. The number of aliphatic carboxylic acids is 1. The summed E-state index contributed by atoms with van der Waals surface area (Å²) in [5, 5.41) is 7.96. The molecule has 10 heavy (non-hydrogen) atoms. The molecule has 0 aliphatic rings. The first-order chi connectivity index (χ1) is 4.16. The second-order valence-electron chi connectivity index (χ2n) is 1.19. The molecule has 1 N–H and O–H groups in total. The van der Waals surface area contributed by atoms with E-state index in [1.165, 1.54) is 7.11 Å². The molecule has 0 spiro atoms. The number of rotatable bonds is 2. The zero-order valence-electron chi connectivity index (χ0n) is 4.83. The molecule has 0 bridgehead atoms. The standard InChI is InChI=1S/C5H6O4.Li.H/c1-9-5(8)3-2-4(6)7;;/h2-3H,1H3,(H,6,7);;/b3-2-;;. The zero-order valence-corrected chi connectivity index (χ0v) is 4.83. The fourth-order valence-electron chi connectivity index (χ4n) is 0.207. The number of methoxy groups -OCH3 is 1. The van der Waals surface area contributed by atoms with E-state index in [1.54, 1.807) is 0 Å². The van der Waals surface area contributed by atoms with Crippen molar-refractivity contribution in [2.24, 2.45) is 0 Å². The van der Waals surface area contributed by atoms with Gasteiger partial charge in [0.15, 0.2) is 0 Å². The quantitative estimate of drug-likeness (QED) is 0.306. The van der Waals surface area contributed by atoms with Gasteiger partial charge in [0.2, 0.25) is 0 Å². The first kappa shape index (κ1) is 12.0. The van der Waals surface area contributed by atoms with Crippen LogP contribution < -0.4 is 0 Å². The van der Waals surface area contributed by atoms with Crippen molar-refractivity contribution in [3.8, 4) is 0 Å². The van der Waals surface area contributed by atoms with E-state index in [1.807, 2.05) is 0 Å². The Morgan fingerprint density at radius 3 is 2.20 bits per heavy atom. The number of carbonyl (C=O) groups is 2. The third-order valence-electron chi connectivity index (χ3n) is 0.563. The summed E-state index contributed by atoms with van der Waals surface area (Å²) in [7, 11) is 1.18. The molecule has 0 saturated heterocycles. The van der Waals surface area contributed by atoms with Gasteiger partial charge >= 0.3 is 30.8 Å². The van der Waals surface area contributed by atoms with Crippen molar-refractivity contribution in [3.05, 3.63) is 12.2 Å². The monoisotopic (exact) mass is 138 g/mol. The van der Waals surface area contributed by atoms with Crippen LogP contribution in [-0.4, -0.2) is 43.0 Å². The minimum absolute atomic E-state index is 0. The normalized spacial score (nSPS) is 8.50. The molecular weight excluding hydrogens is 131 g/mol. The maximum absolute atomic E-state index is 10.1. The molecule has 0 radical (unpaired) electrons. The van der Waals surface area contributed by atoms with Gasteiger partial charge in [-0.15, -0.1) is 0 Å². The zero-order chi connectivity index (χ0) is 7.28. The number of hydrogen-bond acceptors (Lipinski definition) is 3. The Bertz CT molecular complexity index is 152. The van der Waals surface area contributed by atoms with E-state index in [0.29, 0.717) is 6.08 Å². The molecule has 0 fully saturated rings. The summed E-state index contributed by atoms with van der Waals surface area (Å²) in [6, 6.07) is 0. The van der Waals surface area contributed by atoms with E-state index in [9.17, 15) is 9.59 Å². The van der Waals surface area contributed by atoms with Crippen molar-refractivity contribution in [1.82, 2.24) is 0 Å². The van der Waals surface area contributed by atoms with E-state index < -0.39 is 11.9 Å². The molecule has 0 heterocycles. The van der Waals surface area contributed by atoms with Gasteiger partial charge in [-0.2, -0.15) is 0 Å². The van der Waals surface area contributed by atoms with E-state index in [-0.39, 0.29) is 18.9 Å². The second kappa shape index (κ2) is 6.40. The molecule has 52 valence electrons. The number of esters is 1. The van der Waals surface area contributed by atoms with E-state index in [2.05, 4.69) is 4.74 Å². The van der Waals surface area contributed by atoms with Crippen LogP contribution in [0.3, 0.4) is 0 Å². The van der Waals surface area contributed by atoms with Crippen LogP contribution in [-0.2, 0) is 14.3 Å². The number of ether oxygens (including phenoxy) is 1. The van der Waals surface area contributed by atoms with Gasteiger partial charge in [-0.3, -0.25) is 0 Å². The van der Waals surface area contributed by atoms with Gasteiger partial charge in [-0.05, 0) is 0 Å². The molecule has 0 saturated carbocycles. The predicted octanol–water partition coefficient (Wildman–Crippen LogP) is -0.848. The number of carboxylic acid groups (broad SMARTS) is 1. The Kier molecular flexibility index (Phi) is 7.68. The summed E-state index contributed by atoms with van der Waals surface area (Å²) in [4.78, 5) is 19.9. The molecule has 0 aromatic heterocycles. The van der Waals surface area contributed by atoms with Crippen molar-refractivity contribution in [2.75, 3.05) is 7.11 Å². The van der Waals surface area contributed by atoms with Gasteiger partial charge < -0.3 is 9.84 Å². The summed E-state index contributed by atoms with van der Waals surface area (Å²) in [5.41, 5.74) is 0. The van der Waals surface area contributed by atoms with Gasteiger partial charge in [0.05, 0.1) is 7.11 Å². The molecule has 0 aliphatic carbocycles. The topological polar surface area (TPSA) is 63.6 Å². The Morgan fingerprint density at radius 2 is 1.90 bits per heavy atom. The summed E-state index contributed by atoms with van der Waals surface area (Å²) in [6.45, 7) is 0. The van der Waals surface area contributed by atoms with Gasteiger partial charge in [-0.25, -0.2) is 9.59 Å². The van der Waals surface area contributed by atoms with Crippen LogP contribution >= 0.6 is 0 Å². The summed E-state index contributed by atoms with van der Waals surface area (Å²) >= 11 is 0. The van der Waals surface area contributed by atoms with Crippen molar-refractivity contribution in [2.45, 2.75) is 0 Å². The molecule has 0 aromatic carbocycles. The molecule has 5 heteroatoms. The Balaban J connectivity index is 0. The SMILES string of the molecule is COC(=O)/C=C\C(=O)O.[LiH]. The van der Waals surface area contributed by atoms with Gasteiger partial charge in [0, 0.05) is 12.2 Å². The molecule has 0 aromatic rings. The van der Waals surface area contributed by atoms with Gasteiger partial charge in [0.25, 0.3) is 0 Å². The molecule has 0 atom stereocenters. The molecular formula is C5H7LiO4.